The predicted octanol–water partition coefficient (Wildman–Crippen LogP) is 3.56. The molecular formula is C19H23NO6S2. The number of amides is 1. The Kier molecular flexibility index (Phi) is 7.70. The number of thioether (sulfide) groups is 1. The van der Waals surface area contributed by atoms with E-state index in [1.165, 1.54) is 26.2 Å². The molecule has 0 aliphatic carbocycles. The quantitative estimate of drug-likeness (QED) is 0.475. The highest BCUT2D eigenvalue weighted by molar-refractivity contribution is 8.26. The molecular weight excluding hydrogens is 402 g/mol. The third-order valence-corrected chi connectivity index (χ3v) is 5.57. The van der Waals surface area contributed by atoms with E-state index in [4.69, 9.17) is 26.4 Å². The smallest absolute Gasteiger partial charge is 0.326 e. The summed E-state index contributed by atoms with van der Waals surface area (Å²) in [5, 5.41) is 9.54. The van der Waals surface area contributed by atoms with Crippen molar-refractivity contribution in [3.05, 3.63) is 22.6 Å². The molecule has 0 radical (unpaired) electrons. The Morgan fingerprint density at radius 1 is 1.25 bits per heavy atom. The van der Waals surface area contributed by atoms with Gasteiger partial charge in [-0.2, -0.15) is 0 Å². The fourth-order valence-electron chi connectivity index (χ4n) is 2.85. The molecule has 1 amide bonds. The first-order valence-electron chi connectivity index (χ1n) is 8.67. The molecule has 1 fully saturated rings. The van der Waals surface area contributed by atoms with Gasteiger partial charge in [0, 0.05) is 0 Å². The predicted molar refractivity (Wildman–Crippen MR) is 112 cm³/mol. The maximum absolute atomic E-state index is 12.9. The van der Waals surface area contributed by atoms with Gasteiger partial charge in [0.1, 0.15) is 10.4 Å². The summed E-state index contributed by atoms with van der Waals surface area (Å²) < 4.78 is 16.2. The van der Waals surface area contributed by atoms with Crippen LogP contribution < -0.4 is 14.2 Å². The first-order valence-corrected chi connectivity index (χ1v) is 9.90. The van der Waals surface area contributed by atoms with E-state index in [1.807, 2.05) is 6.92 Å². The molecule has 1 heterocycles. The number of aliphatic carboxylic acids is 1. The second-order valence-electron chi connectivity index (χ2n) is 6.01. The molecule has 152 valence electrons. The fourth-order valence-corrected chi connectivity index (χ4v) is 4.20. The molecule has 1 aliphatic heterocycles. The van der Waals surface area contributed by atoms with E-state index in [9.17, 15) is 14.7 Å². The van der Waals surface area contributed by atoms with Gasteiger partial charge in [-0.1, -0.05) is 43.7 Å². The Hall–Kier alpha value is -2.26. The number of carbonyl (C=O) groups is 2. The third kappa shape index (κ3) is 4.59. The van der Waals surface area contributed by atoms with E-state index in [0.717, 1.165) is 18.2 Å². The molecule has 0 spiro atoms. The van der Waals surface area contributed by atoms with Gasteiger partial charge >= 0.3 is 5.97 Å². The summed E-state index contributed by atoms with van der Waals surface area (Å²) in [6.07, 6.45) is 3.53. The molecule has 1 aromatic rings. The van der Waals surface area contributed by atoms with Crippen molar-refractivity contribution in [1.29, 1.82) is 0 Å². The van der Waals surface area contributed by atoms with Crippen LogP contribution in [0.1, 0.15) is 31.7 Å². The van der Waals surface area contributed by atoms with Crippen LogP contribution in [0.3, 0.4) is 0 Å². The number of nitrogens with zero attached hydrogens (tertiary/aromatic N) is 1. The summed E-state index contributed by atoms with van der Waals surface area (Å²) in [6.45, 7) is 1.97. The van der Waals surface area contributed by atoms with Crippen LogP contribution in [0.15, 0.2) is 17.0 Å². The number of rotatable bonds is 9. The van der Waals surface area contributed by atoms with Crippen LogP contribution in [-0.4, -0.2) is 53.6 Å². The van der Waals surface area contributed by atoms with Gasteiger partial charge in [0.15, 0.2) is 11.5 Å². The maximum atomic E-state index is 12.9. The van der Waals surface area contributed by atoms with Crippen LogP contribution >= 0.6 is 24.0 Å². The average molecular weight is 426 g/mol. The molecule has 1 atom stereocenters. The molecule has 0 saturated carbocycles. The number of carboxylic acid groups (broad SMARTS) is 1. The molecule has 0 bridgehead atoms. The minimum absolute atomic E-state index is 0.243. The van der Waals surface area contributed by atoms with Gasteiger partial charge in [-0.25, -0.2) is 4.79 Å². The van der Waals surface area contributed by atoms with Gasteiger partial charge in [0.2, 0.25) is 5.75 Å². The van der Waals surface area contributed by atoms with Gasteiger partial charge in [0.25, 0.3) is 5.91 Å². The Morgan fingerprint density at radius 2 is 1.86 bits per heavy atom. The highest BCUT2D eigenvalue weighted by Gasteiger charge is 2.40. The van der Waals surface area contributed by atoms with E-state index in [0.29, 0.717) is 40.6 Å². The Balaban J connectivity index is 2.39. The van der Waals surface area contributed by atoms with Crippen LogP contribution in [0.25, 0.3) is 6.08 Å². The second kappa shape index (κ2) is 9.79. The monoisotopic (exact) mass is 425 g/mol. The summed E-state index contributed by atoms with van der Waals surface area (Å²) in [7, 11) is 4.52. The van der Waals surface area contributed by atoms with Gasteiger partial charge in [-0.05, 0) is 30.2 Å². The van der Waals surface area contributed by atoms with Crippen LogP contribution in [0.4, 0.5) is 0 Å². The van der Waals surface area contributed by atoms with Crippen molar-refractivity contribution in [3.8, 4) is 17.2 Å². The number of methoxy groups -OCH3 is 3. The van der Waals surface area contributed by atoms with E-state index in [1.54, 1.807) is 18.2 Å². The number of hydrogen-bond donors (Lipinski definition) is 1. The molecule has 28 heavy (non-hydrogen) atoms. The minimum Gasteiger partial charge on any atom is -0.493 e. The van der Waals surface area contributed by atoms with E-state index in [2.05, 4.69) is 0 Å². The topological polar surface area (TPSA) is 85.3 Å². The number of hydrogen-bond acceptors (Lipinski definition) is 7. The Morgan fingerprint density at radius 3 is 2.32 bits per heavy atom. The molecule has 7 nitrogen and oxygen atoms in total. The van der Waals surface area contributed by atoms with Crippen LogP contribution in [0.5, 0.6) is 17.2 Å². The molecule has 1 N–H and O–H groups in total. The standard InChI is InChI=1S/C19H23NO6S2/c1-5-6-7-12(18(22)23)20-17(21)15(28-19(20)27)10-11-8-13(24-2)16(26-4)14(9-11)25-3/h8-10,12H,5-7H2,1-4H3,(H,22,23)/b15-10-/t12-/m1/s1. The zero-order valence-electron chi connectivity index (χ0n) is 16.2. The lowest BCUT2D eigenvalue weighted by Crippen LogP contribution is -2.43. The SMILES string of the molecule is CCCC[C@H](C(=O)O)N1C(=O)/C(=C/c2cc(OC)c(OC)c(OC)c2)SC1=S. The largest absolute Gasteiger partial charge is 0.493 e. The summed E-state index contributed by atoms with van der Waals surface area (Å²) in [5.41, 5.74) is 0.649. The van der Waals surface area contributed by atoms with Crippen molar-refractivity contribution in [3.63, 3.8) is 0 Å². The van der Waals surface area contributed by atoms with Crippen LogP contribution in [0, 0.1) is 0 Å². The summed E-state index contributed by atoms with van der Waals surface area (Å²) in [5.74, 6) is -0.115. The van der Waals surface area contributed by atoms with Crippen molar-refractivity contribution in [1.82, 2.24) is 4.90 Å². The maximum Gasteiger partial charge on any atom is 0.326 e. The minimum atomic E-state index is -1.06. The third-order valence-electron chi connectivity index (χ3n) is 4.24. The highest BCUT2D eigenvalue weighted by Crippen LogP contribution is 2.40. The first-order chi connectivity index (χ1) is 13.4. The van der Waals surface area contributed by atoms with Gasteiger partial charge in [-0.15, -0.1) is 0 Å². The first kappa shape index (κ1) is 22.0. The summed E-state index contributed by atoms with van der Waals surface area (Å²) in [4.78, 5) is 26.1. The van der Waals surface area contributed by atoms with E-state index >= 15 is 0 Å². The highest BCUT2D eigenvalue weighted by atomic mass is 32.2. The zero-order valence-corrected chi connectivity index (χ0v) is 17.8. The number of carbonyl (C=O) groups excluding carboxylic acids is 1. The van der Waals surface area contributed by atoms with E-state index in [-0.39, 0.29) is 4.32 Å². The molecule has 1 saturated heterocycles. The number of carboxylic acids is 1. The van der Waals surface area contributed by atoms with Gasteiger partial charge in [-0.3, -0.25) is 9.69 Å². The van der Waals surface area contributed by atoms with Crippen LogP contribution in [0.2, 0.25) is 0 Å². The Labute approximate surface area is 173 Å². The summed E-state index contributed by atoms with van der Waals surface area (Å²) >= 11 is 6.37. The lowest BCUT2D eigenvalue weighted by molar-refractivity contribution is -0.145. The van der Waals surface area contributed by atoms with Crippen molar-refractivity contribution < 1.29 is 28.9 Å². The zero-order chi connectivity index (χ0) is 20.8. The van der Waals surface area contributed by atoms with Gasteiger partial charge < -0.3 is 19.3 Å². The van der Waals surface area contributed by atoms with Crippen molar-refractivity contribution in [2.75, 3.05) is 21.3 Å². The normalized spacial score (nSPS) is 16.4. The molecule has 1 aromatic carbocycles. The van der Waals surface area contributed by atoms with E-state index < -0.39 is 17.9 Å². The number of ether oxygens (including phenoxy) is 3. The molecule has 0 aromatic heterocycles. The van der Waals surface area contributed by atoms with Crippen LogP contribution in [-0.2, 0) is 9.59 Å². The fraction of sp³-hybridized carbons (Fsp3) is 0.421. The van der Waals surface area contributed by atoms with Crippen molar-refractivity contribution in [2.24, 2.45) is 0 Å². The average Bonchev–Trinajstić information content (AvgIpc) is 2.94. The molecule has 9 heteroatoms. The number of unbranched alkanes of at least 4 members (excludes halogenated alkanes) is 1. The lowest BCUT2D eigenvalue weighted by Gasteiger charge is -2.22. The van der Waals surface area contributed by atoms with Crippen molar-refractivity contribution in [2.45, 2.75) is 32.2 Å². The summed E-state index contributed by atoms with van der Waals surface area (Å²) in [6, 6.07) is 2.46. The molecule has 2 rings (SSSR count). The molecule has 1 aliphatic rings. The Bertz CT molecular complexity index is 783. The lowest BCUT2D eigenvalue weighted by atomic mass is 10.1. The van der Waals surface area contributed by atoms with Gasteiger partial charge in [0.05, 0.1) is 26.2 Å². The number of benzene rings is 1. The number of thiocarbonyl (C=S) groups is 1. The van der Waals surface area contributed by atoms with Crippen molar-refractivity contribution >= 4 is 46.3 Å². The molecule has 0 unspecified atom stereocenters. The second-order valence-corrected chi connectivity index (χ2v) is 7.68.